The summed E-state index contributed by atoms with van der Waals surface area (Å²) in [4.78, 5) is 4.77. The highest BCUT2D eigenvalue weighted by atomic mass is 127. The first-order valence-electron chi connectivity index (χ1n) is 10.7. The minimum atomic E-state index is -0.0174. The van der Waals surface area contributed by atoms with Gasteiger partial charge in [0.25, 0.3) is 0 Å². The van der Waals surface area contributed by atoms with Gasteiger partial charge >= 0.3 is 0 Å². The van der Waals surface area contributed by atoms with Gasteiger partial charge in [0.2, 0.25) is 0 Å². The summed E-state index contributed by atoms with van der Waals surface area (Å²) in [5.41, 5.74) is 2.50. The predicted molar refractivity (Wildman–Crippen MR) is 135 cm³/mol. The molecule has 1 atom stereocenters. The van der Waals surface area contributed by atoms with Gasteiger partial charge in [0.1, 0.15) is 0 Å². The highest BCUT2D eigenvalue weighted by Gasteiger charge is 2.34. The lowest BCUT2D eigenvalue weighted by Crippen LogP contribution is -2.58. The number of nitrogens with one attached hydrogen (secondary N) is 3. The Morgan fingerprint density at radius 1 is 1.00 bits per heavy atom. The molecule has 1 aliphatic heterocycles. The van der Waals surface area contributed by atoms with Crippen molar-refractivity contribution in [1.82, 2.24) is 16.0 Å². The van der Waals surface area contributed by atoms with Crippen molar-refractivity contribution < 1.29 is 4.74 Å². The quantitative estimate of drug-likeness (QED) is 0.276. The van der Waals surface area contributed by atoms with E-state index in [2.05, 4.69) is 84.4 Å². The summed E-state index contributed by atoms with van der Waals surface area (Å²) < 4.78 is 5.66. The summed E-state index contributed by atoms with van der Waals surface area (Å²) in [6.07, 6.45) is 1.96. The van der Waals surface area contributed by atoms with Gasteiger partial charge < -0.3 is 20.7 Å². The fourth-order valence-electron chi connectivity index (χ4n) is 3.77. The van der Waals surface area contributed by atoms with Gasteiger partial charge in [-0.25, -0.2) is 4.99 Å². The molecule has 164 valence electrons. The second-order valence-corrected chi connectivity index (χ2v) is 7.70. The van der Waals surface area contributed by atoms with Gasteiger partial charge in [-0.2, -0.15) is 0 Å². The lowest BCUT2D eigenvalue weighted by molar-refractivity contribution is 0.0355. The maximum atomic E-state index is 5.66. The van der Waals surface area contributed by atoms with Gasteiger partial charge in [-0.3, -0.25) is 0 Å². The Bertz CT molecular complexity index is 748. The molecule has 5 nitrogen and oxygen atoms in total. The van der Waals surface area contributed by atoms with Crippen LogP contribution in [0.25, 0.3) is 0 Å². The molecule has 30 heavy (non-hydrogen) atoms. The molecule has 2 aromatic rings. The summed E-state index contributed by atoms with van der Waals surface area (Å²) >= 11 is 0. The van der Waals surface area contributed by atoms with Gasteiger partial charge in [0, 0.05) is 37.9 Å². The van der Waals surface area contributed by atoms with E-state index in [0.29, 0.717) is 6.54 Å². The number of rotatable bonds is 8. The van der Waals surface area contributed by atoms with E-state index in [9.17, 15) is 0 Å². The zero-order valence-corrected chi connectivity index (χ0v) is 20.4. The van der Waals surface area contributed by atoms with Gasteiger partial charge in [0.05, 0.1) is 6.54 Å². The number of hydrogen-bond donors (Lipinski definition) is 3. The molecule has 1 heterocycles. The van der Waals surface area contributed by atoms with E-state index < -0.39 is 0 Å². The fraction of sp³-hybridized carbons (Fsp3) is 0.458. The molecule has 3 N–H and O–H groups in total. The van der Waals surface area contributed by atoms with Crippen LogP contribution in [0.5, 0.6) is 0 Å². The normalized spacial score (nSPS) is 16.9. The lowest BCUT2D eigenvalue weighted by Gasteiger charge is -2.41. The van der Waals surface area contributed by atoms with Crippen LogP contribution in [0, 0.1) is 0 Å². The molecule has 0 aliphatic carbocycles. The molecular formula is C24H35IN4O. The third-order valence-electron chi connectivity index (χ3n) is 5.47. The highest BCUT2D eigenvalue weighted by molar-refractivity contribution is 14.0. The maximum Gasteiger partial charge on any atom is 0.191 e. The van der Waals surface area contributed by atoms with Gasteiger partial charge in [0.15, 0.2) is 5.96 Å². The minimum absolute atomic E-state index is 0. The molecule has 1 aliphatic rings. The predicted octanol–water partition coefficient (Wildman–Crippen LogP) is 4.26. The molecule has 0 saturated carbocycles. The van der Waals surface area contributed by atoms with E-state index in [1.54, 1.807) is 0 Å². The van der Waals surface area contributed by atoms with Crippen molar-refractivity contribution in [2.45, 2.75) is 44.8 Å². The van der Waals surface area contributed by atoms with Crippen molar-refractivity contribution in [2.75, 3.05) is 26.3 Å². The van der Waals surface area contributed by atoms with Crippen LogP contribution in [0.3, 0.4) is 0 Å². The first kappa shape index (κ1) is 24.6. The molecular weight excluding hydrogens is 487 g/mol. The summed E-state index contributed by atoms with van der Waals surface area (Å²) in [6.45, 7) is 8.22. The Balaban J connectivity index is 0.00000320. The topological polar surface area (TPSA) is 57.7 Å². The van der Waals surface area contributed by atoms with Crippen molar-refractivity contribution in [1.29, 1.82) is 0 Å². The first-order chi connectivity index (χ1) is 14.2. The SMILES string of the molecule is CCNC(=NCc1ccccc1)NCC1(NC(C)c2ccccc2)CCOCC1.I. The average molecular weight is 522 g/mol. The highest BCUT2D eigenvalue weighted by Crippen LogP contribution is 2.25. The van der Waals surface area contributed by atoms with Gasteiger partial charge in [-0.05, 0) is 37.8 Å². The number of aliphatic imine (C=N–C) groups is 1. The number of halogens is 1. The summed E-state index contributed by atoms with van der Waals surface area (Å²) in [7, 11) is 0. The van der Waals surface area contributed by atoms with Crippen LogP contribution < -0.4 is 16.0 Å². The average Bonchev–Trinajstić information content (AvgIpc) is 2.78. The lowest BCUT2D eigenvalue weighted by atomic mass is 9.88. The van der Waals surface area contributed by atoms with Crippen LogP contribution >= 0.6 is 24.0 Å². The summed E-state index contributed by atoms with van der Waals surface area (Å²) in [6, 6.07) is 21.3. The van der Waals surface area contributed by atoms with Crippen molar-refractivity contribution in [3.05, 3.63) is 71.8 Å². The first-order valence-corrected chi connectivity index (χ1v) is 10.7. The standard InChI is InChI=1S/C24H34N4O.HI/c1-3-25-23(26-18-21-10-6-4-7-11-21)27-19-24(14-16-29-17-15-24)28-20(2)22-12-8-5-9-13-22;/h4-13,20,28H,3,14-19H2,1-2H3,(H2,25,26,27);1H. The van der Waals surface area contributed by atoms with Crippen molar-refractivity contribution in [3.63, 3.8) is 0 Å². The molecule has 3 rings (SSSR count). The Morgan fingerprint density at radius 2 is 1.63 bits per heavy atom. The number of hydrogen-bond acceptors (Lipinski definition) is 3. The number of benzene rings is 2. The van der Waals surface area contributed by atoms with Crippen molar-refractivity contribution >= 4 is 29.9 Å². The second-order valence-electron chi connectivity index (χ2n) is 7.70. The summed E-state index contributed by atoms with van der Waals surface area (Å²) in [5, 5.41) is 10.8. The molecule has 0 bridgehead atoms. The zero-order chi connectivity index (χ0) is 20.4. The van der Waals surface area contributed by atoms with E-state index in [1.807, 2.05) is 6.07 Å². The minimum Gasteiger partial charge on any atom is -0.381 e. The number of nitrogens with zero attached hydrogens (tertiary/aromatic N) is 1. The van der Waals surface area contributed by atoms with Gasteiger partial charge in [-0.1, -0.05) is 60.7 Å². The Labute approximate surface area is 198 Å². The maximum absolute atomic E-state index is 5.66. The molecule has 0 aromatic heterocycles. The smallest absolute Gasteiger partial charge is 0.191 e. The van der Waals surface area contributed by atoms with E-state index in [0.717, 1.165) is 45.1 Å². The van der Waals surface area contributed by atoms with E-state index in [1.165, 1.54) is 11.1 Å². The third kappa shape index (κ3) is 7.56. The zero-order valence-electron chi connectivity index (χ0n) is 18.1. The molecule has 1 fully saturated rings. The van der Waals surface area contributed by atoms with Crippen molar-refractivity contribution in [3.8, 4) is 0 Å². The van der Waals surface area contributed by atoms with Crippen LogP contribution in [-0.4, -0.2) is 37.8 Å². The second kappa shape index (κ2) is 12.9. The van der Waals surface area contributed by atoms with E-state index >= 15 is 0 Å². The molecule has 0 radical (unpaired) electrons. The molecule has 1 unspecified atom stereocenters. The largest absolute Gasteiger partial charge is 0.381 e. The molecule has 1 saturated heterocycles. The number of ether oxygens (including phenoxy) is 1. The number of guanidine groups is 1. The van der Waals surface area contributed by atoms with Crippen LogP contribution in [-0.2, 0) is 11.3 Å². The van der Waals surface area contributed by atoms with Crippen LogP contribution in [0.1, 0.15) is 43.9 Å². The molecule has 2 aromatic carbocycles. The third-order valence-corrected chi connectivity index (χ3v) is 5.47. The Morgan fingerprint density at radius 3 is 2.27 bits per heavy atom. The Hall–Kier alpha value is -1.64. The molecule has 0 spiro atoms. The van der Waals surface area contributed by atoms with E-state index in [4.69, 9.17) is 9.73 Å². The van der Waals surface area contributed by atoms with E-state index in [-0.39, 0.29) is 35.6 Å². The van der Waals surface area contributed by atoms with Crippen LogP contribution in [0.4, 0.5) is 0 Å². The molecule has 6 heteroatoms. The van der Waals surface area contributed by atoms with Crippen LogP contribution in [0.2, 0.25) is 0 Å². The van der Waals surface area contributed by atoms with Crippen LogP contribution in [0.15, 0.2) is 65.7 Å². The fourth-order valence-corrected chi connectivity index (χ4v) is 3.77. The summed E-state index contributed by atoms with van der Waals surface area (Å²) in [5.74, 6) is 0.858. The Kier molecular flexibility index (Phi) is 10.6. The van der Waals surface area contributed by atoms with Gasteiger partial charge in [-0.15, -0.1) is 24.0 Å². The molecule has 0 amide bonds. The van der Waals surface area contributed by atoms with Crippen molar-refractivity contribution in [2.24, 2.45) is 4.99 Å². The monoisotopic (exact) mass is 522 g/mol.